The molecule has 0 aliphatic carbocycles. The van der Waals surface area contributed by atoms with Crippen LogP contribution in [0.1, 0.15) is 16.2 Å². The first-order chi connectivity index (χ1) is 10.8. The molecule has 0 spiro atoms. The fourth-order valence-electron chi connectivity index (χ4n) is 1.40. The van der Waals surface area contributed by atoms with Crippen molar-refractivity contribution < 1.29 is 14.1 Å². The highest BCUT2D eigenvalue weighted by Gasteiger charge is 2.19. The molecular weight excluding hydrogens is 373 g/mol. The summed E-state index contributed by atoms with van der Waals surface area (Å²) in [6, 6.07) is 2.44. The van der Waals surface area contributed by atoms with E-state index in [0.29, 0.717) is 0 Å². The largest absolute Gasteiger partial charge is 0.433 e. The van der Waals surface area contributed by atoms with Crippen molar-refractivity contribution in [2.45, 2.75) is 0 Å². The number of rotatable bonds is 4. The maximum absolute atomic E-state index is 11.9. The van der Waals surface area contributed by atoms with Gasteiger partial charge in [0.2, 0.25) is 0 Å². The highest BCUT2D eigenvalue weighted by molar-refractivity contribution is 6.46. The lowest BCUT2D eigenvalue weighted by Gasteiger charge is -2.07. The molecule has 2 heterocycles. The number of nitrogens with zero attached hydrogens (tertiary/aromatic N) is 3. The van der Waals surface area contributed by atoms with E-state index < -0.39 is 16.7 Å². The van der Waals surface area contributed by atoms with Gasteiger partial charge in [-0.2, -0.15) is 5.10 Å². The summed E-state index contributed by atoms with van der Waals surface area (Å²) in [5.74, 6) is -1.21. The van der Waals surface area contributed by atoms with Crippen LogP contribution in [-0.4, -0.2) is 22.0 Å². The first-order valence-corrected chi connectivity index (χ1v) is 6.82. The molecule has 0 radical (unpaired) electrons. The summed E-state index contributed by atoms with van der Waals surface area (Å²) in [4.78, 5) is 25.4. The number of halogens is 3. The molecule has 2 aromatic heterocycles. The molecule has 120 valence electrons. The Labute approximate surface area is 143 Å². The molecule has 9 nitrogen and oxygen atoms in total. The zero-order valence-corrected chi connectivity index (χ0v) is 13.2. The molecule has 0 atom stereocenters. The molecule has 0 fully saturated rings. The predicted octanol–water partition coefficient (Wildman–Crippen LogP) is 2.89. The number of nitrogens with one attached hydrogen (secondary N) is 1. The van der Waals surface area contributed by atoms with Gasteiger partial charge in [-0.1, -0.05) is 34.8 Å². The zero-order valence-electron chi connectivity index (χ0n) is 10.9. The molecule has 3 N–H and O–H groups in total. The SMILES string of the molecule is Nc1c(Cl)c(Cl)nc(C(=O)N/N=C\c2ccc([N+](=O)[O-])o2)c1Cl. The average molecular weight is 379 g/mol. The lowest BCUT2D eigenvalue weighted by Crippen LogP contribution is -2.20. The van der Waals surface area contributed by atoms with Crippen LogP contribution in [0.5, 0.6) is 0 Å². The lowest BCUT2D eigenvalue weighted by atomic mass is 10.3. The minimum Gasteiger partial charge on any atom is -0.400 e. The number of pyridine rings is 1. The summed E-state index contributed by atoms with van der Waals surface area (Å²) in [5, 5.41) is 13.6. The monoisotopic (exact) mass is 377 g/mol. The van der Waals surface area contributed by atoms with Crippen LogP contribution in [0.3, 0.4) is 0 Å². The number of amides is 1. The minimum absolute atomic E-state index is 0.0599. The summed E-state index contributed by atoms with van der Waals surface area (Å²) < 4.78 is 4.81. The van der Waals surface area contributed by atoms with Gasteiger partial charge >= 0.3 is 5.88 Å². The van der Waals surface area contributed by atoms with E-state index in [9.17, 15) is 14.9 Å². The van der Waals surface area contributed by atoms with Crippen LogP contribution in [0.25, 0.3) is 0 Å². The fourth-order valence-corrected chi connectivity index (χ4v) is 1.99. The number of nitrogens with two attached hydrogens (primary N) is 1. The summed E-state index contributed by atoms with van der Waals surface area (Å²) in [6.07, 6.45) is 1.06. The van der Waals surface area contributed by atoms with Crippen molar-refractivity contribution in [3.63, 3.8) is 0 Å². The maximum Gasteiger partial charge on any atom is 0.433 e. The van der Waals surface area contributed by atoms with E-state index in [0.717, 1.165) is 12.3 Å². The normalized spacial score (nSPS) is 10.9. The number of hydrazone groups is 1. The molecular formula is C11H6Cl3N5O4. The summed E-state index contributed by atoms with van der Waals surface area (Å²) in [7, 11) is 0. The van der Waals surface area contributed by atoms with Gasteiger partial charge in [-0.25, -0.2) is 10.4 Å². The average Bonchev–Trinajstić information content (AvgIpc) is 2.97. The highest BCUT2D eigenvalue weighted by Crippen LogP contribution is 2.34. The van der Waals surface area contributed by atoms with Crippen LogP contribution >= 0.6 is 34.8 Å². The third-order valence-corrected chi connectivity index (χ3v) is 3.57. The van der Waals surface area contributed by atoms with Crippen molar-refractivity contribution >= 4 is 58.5 Å². The van der Waals surface area contributed by atoms with E-state index in [1.54, 1.807) is 0 Å². The molecule has 0 bridgehead atoms. The molecule has 0 saturated heterocycles. The molecule has 1 amide bonds. The Morgan fingerprint density at radius 2 is 2.09 bits per heavy atom. The molecule has 0 aliphatic rings. The van der Waals surface area contributed by atoms with Gasteiger partial charge in [-0.05, 0) is 6.07 Å². The van der Waals surface area contributed by atoms with E-state index in [-0.39, 0.29) is 32.3 Å². The van der Waals surface area contributed by atoms with Crippen molar-refractivity contribution in [3.05, 3.63) is 48.9 Å². The topological polar surface area (TPSA) is 137 Å². The number of aromatic nitrogens is 1. The van der Waals surface area contributed by atoms with Gasteiger partial charge in [0, 0.05) is 0 Å². The maximum atomic E-state index is 11.9. The highest BCUT2D eigenvalue weighted by atomic mass is 35.5. The van der Waals surface area contributed by atoms with Gasteiger partial charge in [0.15, 0.2) is 16.6 Å². The third kappa shape index (κ3) is 3.70. The van der Waals surface area contributed by atoms with Crippen molar-refractivity contribution in [3.8, 4) is 0 Å². The first-order valence-electron chi connectivity index (χ1n) is 5.69. The minimum atomic E-state index is -0.808. The number of carbonyl (C=O) groups is 1. The smallest absolute Gasteiger partial charge is 0.400 e. The molecule has 12 heteroatoms. The Bertz CT molecular complexity index is 820. The zero-order chi connectivity index (χ0) is 17.1. The van der Waals surface area contributed by atoms with Gasteiger partial charge in [-0.3, -0.25) is 14.9 Å². The van der Waals surface area contributed by atoms with Crippen LogP contribution in [0, 0.1) is 10.1 Å². The van der Waals surface area contributed by atoms with E-state index in [2.05, 4.69) is 15.5 Å². The van der Waals surface area contributed by atoms with Crippen molar-refractivity contribution in [1.29, 1.82) is 0 Å². The number of hydrogen-bond acceptors (Lipinski definition) is 7. The second kappa shape index (κ2) is 6.82. The Hall–Kier alpha value is -2.36. The molecule has 2 aromatic rings. The number of anilines is 1. The molecule has 23 heavy (non-hydrogen) atoms. The second-order valence-electron chi connectivity index (χ2n) is 3.93. The van der Waals surface area contributed by atoms with Crippen molar-refractivity contribution in [2.75, 3.05) is 5.73 Å². The fraction of sp³-hybridized carbons (Fsp3) is 0. The Morgan fingerprint density at radius 1 is 1.39 bits per heavy atom. The Morgan fingerprint density at radius 3 is 2.70 bits per heavy atom. The molecule has 0 saturated carbocycles. The molecule has 2 rings (SSSR count). The predicted molar refractivity (Wildman–Crippen MR) is 84.1 cm³/mol. The summed E-state index contributed by atoms with van der Waals surface area (Å²) in [5.41, 5.74) is 7.31. The molecule has 0 unspecified atom stereocenters. The Balaban J connectivity index is 2.13. The van der Waals surface area contributed by atoms with Gasteiger partial charge in [-0.15, -0.1) is 0 Å². The first kappa shape index (κ1) is 17.0. The Kier molecular flexibility index (Phi) is 5.04. The number of nitrogen functional groups attached to an aromatic ring is 1. The van der Waals surface area contributed by atoms with E-state index in [4.69, 9.17) is 45.0 Å². The molecule has 0 aliphatic heterocycles. The number of carbonyl (C=O) groups excluding carboxylic acids is 1. The van der Waals surface area contributed by atoms with Crippen LogP contribution in [-0.2, 0) is 0 Å². The van der Waals surface area contributed by atoms with Crippen LogP contribution in [0.15, 0.2) is 21.7 Å². The van der Waals surface area contributed by atoms with Crippen LogP contribution in [0.4, 0.5) is 11.6 Å². The van der Waals surface area contributed by atoms with Crippen molar-refractivity contribution in [1.82, 2.24) is 10.4 Å². The standard InChI is InChI=1S/C11H6Cl3N5O4/c12-6-8(15)7(13)10(14)17-9(6)11(20)18-16-3-4-1-2-5(23-4)19(21)22/h1-3H,(H2,15,17)(H,18,20)/b16-3-. The van der Waals surface area contributed by atoms with Gasteiger partial charge in [0.1, 0.15) is 9.95 Å². The van der Waals surface area contributed by atoms with Crippen LogP contribution < -0.4 is 11.2 Å². The number of furan rings is 1. The number of hydrogen-bond donors (Lipinski definition) is 2. The second-order valence-corrected chi connectivity index (χ2v) is 5.04. The van der Waals surface area contributed by atoms with E-state index in [1.807, 2.05) is 0 Å². The summed E-state index contributed by atoms with van der Waals surface area (Å²) in [6.45, 7) is 0. The lowest BCUT2D eigenvalue weighted by molar-refractivity contribution is -0.402. The molecule has 0 aromatic carbocycles. The van der Waals surface area contributed by atoms with Crippen molar-refractivity contribution in [2.24, 2.45) is 5.10 Å². The van der Waals surface area contributed by atoms with E-state index >= 15 is 0 Å². The quantitative estimate of drug-likeness (QED) is 0.363. The number of nitro groups is 1. The van der Waals surface area contributed by atoms with Crippen LogP contribution in [0.2, 0.25) is 15.2 Å². The van der Waals surface area contributed by atoms with Gasteiger partial charge in [0.05, 0.1) is 23.0 Å². The third-order valence-electron chi connectivity index (χ3n) is 2.44. The summed E-state index contributed by atoms with van der Waals surface area (Å²) >= 11 is 17.3. The van der Waals surface area contributed by atoms with Gasteiger partial charge < -0.3 is 10.2 Å². The van der Waals surface area contributed by atoms with E-state index in [1.165, 1.54) is 6.07 Å². The van der Waals surface area contributed by atoms with Gasteiger partial charge in [0.25, 0.3) is 5.91 Å².